The van der Waals surface area contributed by atoms with Gasteiger partial charge in [0.2, 0.25) is 11.5 Å². The maximum absolute atomic E-state index is 12.7. The number of aromatic nitrogens is 2. The van der Waals surface area contributed by atoms with E-state index in [4.69, 9.17) is 4.42 Å². The van der Waals surface area contributed by atoms with Gasteiger partial charge >= 0.3 is 0 Å². The first kappa shape index (κ1) is 16.3. The highest BCUT2D eigenvalue weighted by Gasteiger charge is 2.33. The summed E-state index contributed by atoms with van der Waals surface area (Å²) in [7, 11) is 0. The smallest absolute Gasteiger partial charge is 0.297 e. The van der Waals surface area contributed by atoms with Gasteiger partial charge in [-0.15, -0.1) is 0 Å². The maximum atomic E-state index is 12.7. The van der Waals surface area contributed by atoms with Crippen LogP contribution < -0.4 is 10.9 Å². The molecule has 2 heterocycles. The third-order valence-corrected chi connectivity index (χ3v) is 4.96. The van der Waals surface area contributed by atoms with Crippen molar-refractivity contribution in [2.45, 2.75) is 44.2 Å². The zero-order chi connectivity index (χ0) is 18.1. The topological polar surface area (TPSA) is 101 Å². The van der Waals surface area contributed by atoms with Crippen LogP contribution in [0.3, 0.4) is 0 Å². The van der Waals surface area contributed by atoms with Crippen LogP contribution in [0.1, 0.15) is 32.1 Å². The Kier molecular flexibility index (Phi) is 3.96. The number of amides is 1. The molecular weight excluding hydrogens is 332 g/mol. The van der Waals surface area contributed by atoms with Crippen LogP contribution in [-0.4, -0.2) is 21.0 Å². The molecule has 1 saturated carbocycles. The molecule has 1 N–H and O–H groups in total. The molecule has 0 atom stereocenters. The summed E-state index contributed by atoms with van der Waals surface area (Å²) in [5.41, 5.74) is -0.0244. The van der Waals surface area contributed by atoms with Gasteiger partial charge in [-0.05, 0) is 25.0 Å². The van der Waals surface area contributed by atoms with E-state index < -0.39 is 11.1 Å². The molecular formula is C19H18N4O3. The van der Waals surface area contributed by atoms with E-state index in [0.29, 0.717) is 23.9 Å². The molecule has 1 aromatic carbocycles. The number of nitrogens with one attached hydrogen (secondary N) is 1. The maximum Gasteiger partial charge on any atom is 0.297 e. The lowest BCUT2D eigenvalue weighted by atomic mass is 9.83. The van der Waals surface area contributed by atoms with Gasteiger partial charge in [-0.3, -0.25) is 14.2 Å². The minimum absolute atomic E-state index is 0.133. The van der Waals surface area contributed by atoms with Gasteiger partial charge in [0.1, 0.15) is 23.2 Å². The Balaban J connectivity index is 1.62. The van der Waals surface area contributed by atoms with E-state index >= 15 is 0 Å². The van der Waals surface area contributed by atoms with Crippen molar-refractivity contribution < 1.29 is 9.21 Å². The number of fused-ring (bicyclic) bond motifs is 3. The molecule has 1 aliphatic carbocycles. The van der Waals surface area contributed by atoms with Gasteiger partial charge in [-0.2, -0.15) is 5.26 Å². The zero-order valence-electron chi connectivity index (χ0n) is 14.2. The highest BCUT2D eigenvalue weighted by Crippen LogP contribution is 2.27. The summed E-state index contributed by atoms with van der Waals surface area (Å²) < 4.78 is 6.83. The number of para-hydroxylation sites is 1. The fourth-order valence-electron chi connectivity index (χ4n) is 3.61. The molecule has 0 saturated heterocycles. The number of furan rings is 1. The Morgan fingerprint density at radius 3 is 2.85 bits per heavy atom. The summed E-state index contributed by atoms with van der Waals surface area (Å²) in [5, 5.41) is 13.1. The van der Waals surface area contributed by atoms with E-state index in [2.05, 4.69) is 16.4 Å². The summed E-state index contributed by atoms with van der Waals surface area (Å²) in [6.07, 6.45) is 5.55. The molecule has 0 bridgehead atoms. The normalized spacial score (nSPS) is 16.4. The third-order valence-electron chi connectivity index (χ3n) is 4.96. The molecule has 1 fully saturated rings. The van der Waals surface area contributed by atoms with Crippen molar-refractivity contribution in [3.8, 4) is 6.07 Å². The number of benzene rings is 1. The molecule has 2 aromatic heterocycles. The summed E-state index contributed by atoms with van der Waals surface area (Å²) in [6, 6.07) is 9.52. The first-order valence-corrected chi connectivity index (χ1v) is 8.71. The summed E-state index contributed by atoms with van der Waals surface area (Å²) >= 11 is 0. The van der Waals surface area contributed by atoms with Gasteiger partial charge in [-0.25, -0.2) is 4.98 Å². The Hall–Kier alpha value is -3.14. The number of nitrogens with zero attached hydrogens (tertiary/aromatic N) is 3. The van der Waals surface area contributed by atoms with Crippen LogP contribution in [0, 0.1) is 11.3 Å². The molecule has 1 amide bonds. The summed E-state index contributed by atoms with van der Waals surface area (Å²) in [5.74, 6) is -0.368. The summed E-state index contributed by atoms with van der Waals surface area (Å²) in [6.45, 7) is -0.192. The van der Waals surface area contributed by atoms with E-state index in [-0.39, 0.29) is 18.0 Å². The monoisotopic (exact) mass is 350 g/mol. The van der Waals surface area contributed by atoms with Gasteiger partial charge in [-0.1, -0.05) is 31.4 Å². The van der Waals surface area contributed by atoms with Crippen molar-refractivity contribution in [1.29, 1.82) is 5.26 Å². The molecule has 4 rings (SSSR count). The van der Waals surface area contributed by atoms with Crippen LogP contribution in [0.4, 0.5) is 0 Å². The predicted molar refractivity (Wildman–Crippen MR) is 95.3 cm³/mol. The Morgan fingerprint density at radius 1 is 1.31 bits per heavy atom. The number of carbonyl (C=O) groups is 1. The average Bonchev–Trinajstić information content (AvgIpc) is 3.04. The van der Waals surface area contributed by atoms with Crippen LogP contribution in [0.15, 0.2) is 39.8 Å². The number of carbonyl (C=O) groups excluding carboxylic acids is 1. The van der Waals surface area contributed by atoms with E-state index in [1.165, 1.54) is 10.9 Å². The zero-order valence-corrected chi connectivity index (χ0v) is 14.2. The quantitative estimate of drug-likeness (QED) is 0.782. The molecule has 132 valence electrons. The van der Waals surface area contributed by atoms with Crippen LogP contribution in [0.25, 0.3) is 22.1 Å². The average molecular weight is 350 g/mol. The Bertz CT molecular complexity index is 1080. The molecule has 7 nitrogen and oxygen atoms in total. The molecule has 0 spiro atoms. The second-order valence-electron chi connectivity index (χ2n) is 6.76. The van der Waals surface area contributed by atoms with Gasteiger partial charge < -0.3 is 9.73 Å². The molecule has 0 aliphatic heterocycles. The molecule has 1 aliphatic rings. The second kappa shape index (κ2) is 6.30. The molecule has 3 aromatic rings. The van der Waals surface area contributed by atoms with Crippen molar-refractivity contribution in [2.24, 2.45) is 0 Å². The van der Waals surface area contributed by atoms with Crippen LogP contribution in [-0.2, 0) is 11.3 Å². The van der Waals surface area contributed by atoms with E-state index in [0.717, 1.165) is 24.6 Å². The largest absolute Gasteiger partial charge is 0.448 e. The number of hydrogen-bond acceptors (Lipinski definition) is 5. The fraction of sp³-hybridized carbons (Fsp3) is 0.368. The SMILES string of the molecule is N#CC1(NC(=O)Cn2cnc3c(oc4ccccc43)c2=O)CCCCC1. The Morgan fingerprint density at radius 2 is 2.08 bits per heavy atom. The predicted octanol–water partition coefficient (Wildman–Crippen LogP) is 2.49. The lowest BCUT2D eigenvalue weighted by Crippen LogP contribution is -2.50. The van der Waals surface area contributed by atoms with Crippen LogP contribution in [0.2, 0.25) is 0 Å². The molecule has 26 heavy (non-hydrogen) atoms. The van der Waals surface area contributed by atoms with Crippen LogP contribution in [0.5, 0.6) is 0 Å². The van der Waals surface area contributed by atoms with Crippen molar-refractivity contribution in [3.05, 3.63) is 40.9 Å². The summed E-state index contributed by atoms with van der Waals surface area (Å²) in [4.78, 5) is 29.4. The second-order valence-corrected chi connectivity index (χ2v) is 6.76. The van der Waals surface area contributed by atoms with Gasteiger partial charge in [0.05, 0.1) is 12.4 Å². The van der Waals surface area contributed by atoms with Gasteiger partial charge in [0, 0.05) is 5.39 Å². The molecule has 0 unspecified atom stereocenters. The van der Waals surface area contributed by atoms with Gasteiger partial charge in [0.25, 0.3) is 5.56 Å². The number of hydrogen-bond donors (Lipinski definition) is 1. The third kappa shape index (κ3) is 2.73. The highest BCUT2D eigenvalue weighted by atomic mass is 16.3. The van der Waals surface area contributed by atoms with Crippen molar-refractivity contribution >= 4 is 28.0 Å². The van der Waals surface area contributed by atoms with Crippen molar-refractivity contribution in [3.63, 3.8) is 0 Å². The Labute approximate surface area is 149 Å². The highest BCUT2D eigenvalue weighted by molar-refractivity contribution is 6.01. The van der Waals surface area contributed by atoms with E-state index in [9.17, 15) is 14.9 Å². The minimum Gasteiger partial charge on any atom is -0.448 e. The lowest BCUT2D eigenvalue weighted by Gasteiger charge is -2.31. The molecule has 0 radical (unpaired) electrons. The molecule has 7 heteroatoms. The van der Waals surface area contributed by atoms with Crippen molar-refractivity contribution in [2.75, 3.05) is 0 Å². The van der Waals surface area contributed by atoms with E-state index in [1.807, 2.05) is 18.2 Å². The first-order chi connectivity index (χ1) is 12.6. The number of rotatable bonds is 3. The number of nitriles is 1. The standard InChI is InChI=1S/C19H18N4O3/c20-11-19(8-4-1-5-9-19)22-15(24)10-23-12-21-16-13-6-2-3-7-14(13)26-17(16)18(23)25/h2-3,6-7,12H,1,4-5,8-10H2,(H,22,24). The lowest BCUT2D eigenvalue weighted by molar-refractivity contribution is -0.123. The minimum atomic E-state index is -0.824. The van der Waals surface area contributed by atoms with Crippen LogP contribution >= 0.6 is 0 Å². The van der Waals surface area contributed by atoms with Crippen molar-refractivity contribution in [1.82, 2.24) is 14.9 Å². The fourth-order valence-corrected chi connectivity index (χ4v) is 3.61. The first-order valence-electron chi connectivity index (χ1n) is 8.71. The van der Waals surface area contributed by atoms with Gasteiger partial charge in [0.15, 0.2) is 0 Å². The van der Waals surface area contributed by atoms with E-state index in [1.54, 1.807) is 6.07 Å².